The summed E-state index contributed by atoms with van der Waals surface area (Å²) in [5, 5.41) is 3.52. The van der Waals surface area contributed by atoms with Crippen molar-refractivity contribution in [2.24, 2.45) is 5.73 Å². The number of para-hydroxylation sites is 1. The van der Waals surface area contributed by atoms with Gasteiger partial charge in [-0.05, 0) is 24.3 Å². The summed E-state index contributed by atoms with van der Waals surface area (Å²) in [7, 11) is 0. The van der Waals surface area contributed by atoms with Crippen LogP contribution in [0.5, 0.6) is 0 Å². The molecule has 2 rings (SSSR count). The van der Waals surface area contributed by atoms with Crippen molar-refractivity contribution in [3.05, 3.63) is 30.3 Å². The zero-order valence-electron chi connectivity index (χ0n) is 9.27. The van der Waals surface area contributed by atoms with Gasteiger partial charge in [0.05, 0.1) is 0 Å². The quantitative estimate of drug-likeness (QED) is 0.842. The number of thioether (sulfide) groups is 1. The van der Waals surface area contributed by atoms with Gasteiger partial charge in [0.25, 0.3) is 0 Å². The van der Waals surface area contributed by atoms with Crippen molar-refractivity contribution in [3.8, 4) is 0 Å². The average Bonchev–Trinajstić information content (AvgIpc) is 2.63. The number of nitrogens with one attached hydrogen (secondary N) is 1. The standard InChI is InChI=1S/C12H16N2OS/c1-9-12(11(13)15,7-8-16-9)14-10-5-3-2-4-6-10/h2-6,9,14H,7-8H2,1H3,(H2,13,15). The van der Waals surface area contributed by atoms with Crippen LogP contribution in [0.2, 0.25) is 0 Å². The summed E-state index contributed by atoms with van der Waals surface area (Å²) < 4.78 is 0. The Labute approximate surface area is 99.8 Å². The molecule has 1 aromatic carbocycles. The fourth-order valence-corrected chi connectivity index (χ4v) is 3.44. The molecule has 0 saturated carbocycles. The van der Waals surface area contributed by atoms with Crippen LogP contribution in [0.25, 0.3) is 0 Å². The van der Waals surface area contributed by atoms with E-state index in [1.54, 1.807) is 11.8 Å². The molecule has 16 heavy (non-hydrogen) atoms. The van der Waals surface area contributed by atoms with Gasteiger partial charge in [0.15, 0.2) is 0 Å². The van der Waals surface area contributed by atoms with Crippen LogP contribution in [0.4, 0.5) is 5.69 Å². The number of amides is 1. The van der Waals surface area contributed by atoms with Gasteiger partial charge in [-0.3, -0.25) is 4.79 Å². The van der Waals surface area contributed by atoms with Gasteiger partial charge in [0.2, 0.25) is 5.91 Å². The lowest BCUT2D eigenvalue weighted by Gasteiger charge is -2.31. The lowest BCUT2D eigenvalue weighted by molar-refractivity contribution is -0.122. The third-order valence-electron chi connectivity index (χ3n) is 3.14. The molecule has 1 aromatic rings. The minimum absolute atomic E-state index is 0.213. The van der Waals surface area contributed by atoms with Gasteiger partial charge in [-0.15, -0.1) is 0 Å². The Morgan fingerprint density at radius 3 is 2.69 bits per heavy atom. The zero-order chi connectivity index (χ0) is 11.6. The summed E-state index contributed by atoms with van der Waals surface area (Å²) in [6.45, 7) is 2.05. The number of primary amides is 1. The van der Waals surface area contributed by atoms with Crippen LogP contribution in [0, 0.1) is 0 Å². The Hall–Kier alpha value is -1.16. The number of carbonyl (C=O) groups is 1. The summed E-state index contributed by atoms with van der Waals surface area (Å²) in [4.78, 5) is 11.7. The van der Waals surface area contributed by atoms with Gasteiger partial charge in [-0.2, -0.15) is 11.8 Å². The number of hydrogen-bond donors (Lipinski definition) is 2. The number of rotatable bonds is 3. The highest BCUT2D eigenvalue weighted by Gasteiger charge is 2.46. The van der Waals surface area contributed by atoms with E-state index < -0.39 is 5.54 Å². The van der Waals surface area contributed by atoms with Crippen LogP contribution >= 0.6 is 11.8 Å². The molecule has 2 unspecified atom stereocenters. The van der Waals surface area contributed by atoms with E-state index in [2.05, 4.69) is 12.2 Å². The molecular formula is C12H16N2OS. The van der Waals surface area contributed by atoms with Gasteiger partial charge in [-0.1, -0.05) is 25.1 Å². The fraction of sp³-hybridized carbons (Fsp3) is 0.417. The predicted molar refractivity (Wildman–Crippen MR) is 68.5 cm³/mol. The molecule has 0 bridgehead atoms. The van der Waals surface area contributed by atoms with Crippen LogP contribution in [0.3, 0.4) is 0 Å². The Morgan fingerprint density at radius 1 is 1.50 bits per heavy atom. The summed E-state index contributed by atoms with van der Waals surface area (Å²) in [5.41, 5.74) is 5.92. The first kappa shape index (κ1) is 11.3. The number of benzene rings is 1. The van der Waals surface area contributed by atoms with Crippen LogP contribution < -0.4 is 11.1 Å². The molecule has 3 nitrogen and oxygen atoms in total. The van der Waals surface area contributed by atoms with Gasteiger partial charge in [0, 0.05) is 10.9 Å². The molecule has 1 fully saturated rings. The maximum Gasteiger partial charge on any atom is 0.244 e. The van der Waals surface area contributed by atoms with E-state index in [9.17, 15) is 4.79 Å². The Morgan fingerprint density at radius 2 is 2.19 bits per heavy atom. The Kier molecular flexibility index (Phi) is 3.10. The number of carbonyl (C=O) groups excluding carboxylic acids is 1. The molecule has 1 heterocycles. The van der Waals surface area contributed by atoms with E-state index >= 15 is 0 Å². The highest BCUT2D eigenvalue weighted by Crippen LogP contribution is 2.38. The van der Waals surface area contributed by atoms with E-state index in [4.69, 9.17) is 5.73 Å². The lowest BCUT2D eigenvalue weighted by atomic mass is 9.91. The summed E-state index contributed by atoms with van der Waals surface area (Å²) >= 11 is 1.79. The van der Waals surface area contributed by atoms with Crippen molar-refractivity contribution in [2.45, 2.75) is 24.1 Å². The molecule has 4 heteroatoms. The van der Waals surface area contributed by atoms with Crippen LogP contribution in [0.1, 0.15) is 13.3 Å². The molecule has 0 spiro atoms. The van der Waals surface area contributed by atoms with Crippen molar-refractivity contribution in [3.63, 3.8) is 0 Å². The zero-order valence-corrected chi connectivity index (χ0v) is 10.1. The largest absolute Gasteiger partial charge is 0.370 e. The first-order valence-electron chi connectivity index (χ1n) is 5.40. The predicted octanol–water partition coefficient (Wildman–Crippen LogP) is 1.85. The minimum atomic E-state index is -0.591. The first-order chi connectivity index (χ1) is 7.65. The first-order valence-corrected chi connectivity index (χ1v) is 6.45. The Bertz CT molecular complexity index is 382. The molecule has 1 amide bonds. The second-order valence-electron chi connectivity index (χ2n) is 4.09. The maximum atomic E-state index is 11.7. The molecular weight excluding hydrogens is 220 g/mol. The highest BCUT2D eigenvalue weighted by atomic mass is 32.2. The van der Waals surface area contributed by atoms with E-state index in [-0.39, 0.29) is 11.2 Å². The fourth-order valence-electron chi connectivity index (χ4n) is 2.07. The van der Waals surface area contributed by atoms with Gasteiger partial charge in [0.1, 0.15) is 5.54 Å². The van der Waals surface area contributed by atoms with E-state index in [0.717, 1.165) is 17.9 Å². The van der Waals surface area contributed by atoms with E-state index in [1.165, 1.54) is 0 Å². The van der Waals surface area contributed by atoms with Crippen molar-refractivity contribution < 1.29 is 4.79 Å². The summed E-state index contributed by atoms with van der Waals surface area (Å²) in [5.74, 6) is 0.720. The number of anilines is 1. The monoisotopic (exact) mass is 236 g/mol. The van der Waals surface area contributed by atoms with Gasteiger partial charge >= 0.3 is 0 Å². The second kappa shape index (κ2) is 4.37. The molecule has 2 atom stereocenters. The normalized spacial score (nSPS) is 28.9. The van der Waals surface area contributed by atoms with Crippen molar-refractivity contribution in [1.82, 2.24) is 0 Å². The molecule has 0 aliphatic carbocycles. The molecule has 3 N–H and O–H groups in total. The molecule has 1 aliphatic rings. The van der Waals surface area contributed by atoms with Crippen LogP contribution in [-0.4, -0.2) is 22.4 Å². The maximum absolute atomic E-state index is 11.7. The highest BCUT2D eigenvalue weighted by molar-refractivity contribution is 8.00. The van der Waals surface area contributed by atoms with Crippen molar-refractivity contribution in [1.29, 1.82) is 0 Å². The molecule has 1 saturated heterocycles. The second-order valence-corrected chi connectivity index (χ2v) is 5.54. The molecule has 1 aliphatic heterocycles. The smallest absolute Gasteiger partial charge is 0.244 e. The summed E-state index contributed by atoms with van der Waals surface area (Å²) in [6, 6.07) is 9.77. The van der Waals surface area contributed by atoms with E-state index in [1.807, 2.05) is 30.3 Å². The van der Waals surface area contributed by atoms with Crippen molar-refractivity contribution in [2.75, 3.05) is 11.1 Å². The third kappa shape index (κ3) is 1.89. The van der Waals surface area contributed by atoms with E-state index in [0.29, 0.717) is 0 Å². The molecule has 0 aromatic heterocycles. The SMILES string of the molecule is CC1SCCC1(Nc1ccccc1)C(N)=O. The third-order valence-corrected chi connectivity index (χ3v) is 4.48. The Balaban J connectivity index is 2.25. The van der Waals surface area contributed by atoms with Crippen LogP contribution in [0.15, 0.2) is 30.3 Å². The summed E-state index contributed by atoms with van der Waals surface area (Å²) in [6.07, 6.45) is 0.795. The average molecular weight is 236 g/mol. The topological polar surface area (TPSA) is 55.1 Å². The molecule has 0 radical (unpaired) electrons. The number of hydrogen-bond acceptors (Lipinski definition) is 3. The minimum Gasteiger partial charge on any atom is -0.370 e. The van der Waals surface area contributed by atoms with Crippen LogP contribution in [-0.2, 0) is 4.79 Å². The van der Waals surface area contributed by atoms with Crippen molar-refractivity contribution >= 4 is 23.4 Å². The van der Waals surface area contributed by atoms with Gasteiger partial charge < -0.3 is 11.1 Å². The molecule has 86 valence electrons. The number of nitrogens with two attached hydrogens (primary N) is 1. The van der Waals surface area contributed by atoms with Gasteiger partial charge in [-0.25, -0.2) is 0 Å². The lowest BCUT2D eigenvalue weighted by Crippen LogP contribution is -2.54.